The molecule has 1 aliphatic heterocycles. The zero-order chi connectivity index (χ0) is 15.5. The van der Waals surface area contributed by atoms with Gasteiger partial charge in [0.15, 0.2) is 0 Å². The maximum Gasteiger partial charge on any atom is 0.222 e. The molecule has 0 aliphatic carbocycles. The van der Waals surface area contributed by atoms with Crippen molar-refractivity contribution >= 4 is 17.2 Å². The monoisotopic (exact) mass is 309 g/mol. The fourth-order valence-electron chi connectivity index (χ4n) is 2.56. The molecule has 0 spiro atoms. The van der Waals surface area contributed by atoms with E-state index in [0.29, 0.717) is 6.42 Å². The number of aromatic nitrogens is 1. The first-order chi connectivity index (χ1) is 9.90. The van der Waals surface area contributed by atoms with Crippen LogP contribution in [-0.2, 0) is 16.8 Å². The van der Waals surface area contributed by atoms with Gasteiger partial charge in [-0.25, -0.2) is 4.98 Å². The van der Waals surface area contributed by atoms with E-state index in [1.54, 1.807) is 11.3 Å². The molecule has 0 radical (unpaired) electrons. The number of carbonyl (C=O) groups excluding carboxylic acids is 1. The topological polar surface area (TPSA) is 36.4 Å². The van der Waals surface area contributed by atoms with Crippen LogP contribution in [0.2, 0.25) is 0 Å². The number of amides is 1. The molecular formula is C16H27N3OS. The normalized spacial score (nSPS) is 17.8. The van der Waals surface area contributed by atoms with E-state index in [0.717, 1.165) is 39.1 Å². The summed E-state index contributed by atoms with van der Waals surface area (Å²) in [6.07, 6.45) is 1.67. The highest BCUT2D eigenvalue weighted by Crippen LogP contribution is 2.26. The fourth-order valence-corrected chi connectivity index (χ4v) is 3.45. The maximum atomic E-state index is 11.8. The van der Waals surface area contributed by atoms with Crippen LogP contribution in [0, 0.1) is 0 Å². The second-order valence-corrected chi connectivity index (χ2v) is 7.62. The van der Waals surface area contributed by atoms with Crippen molar-refractivity contribution in [2.45, 2.75) is 52.5 Å². The van der Waals surface area contributed by atoms with E-state index >= 15 is 0 Å². The number of hydrogen-bond acceptors (Lipinski definition) is 4. The van der Waals surface area contributed by atoms with Crippen molar-refractivity contribution in [1.82, 2.24) is 14.8 Å². The molecule has 118 valence electrons. The predicted molar refractivity (Wildman–Crippen MR) is 87.6 cm³/mol. The minimum absolute atomic E-state index is 0.131. The zero-order valence-electron chi connectivity index (χ0n) is 13.7. The summed E-state index contributed by atoms with van der Waals surface area (Å²) in [5.41, 5.74) is 1.30. The molecular weight excluding hydrogens is 282 g/mol. The Balaban J connectivity index is 1.92. The fraction of sp³-hybridized carbons (Fsp3) is 0.750. The van der Waals surface area contributed by atoms with Gasteiger partial charge in [0, 0.05) is 49.9 Å². The van der Waals surface area contributed by atoms with Gasteiger partial charge in [0.25, 0.3) is 0 Å². The summed E-state index contributed by atoms with van der Waals surface area (Å²) in [5, 5.41) is 3.38. The van der Waals surface area contributed by atoms with E-state index in [2.05, 4.69) is 31.1 Å². The van der Waals surface area contributed by atoms with Crippen LogP contribution in [0.25, 0.3) is 0 Å². The van der Waals surface area contributed by atoms with Crippen molar-refractivity contribution in [3.05, 3.63) is 16.1 Å². The first-order valence-electron chi connectivity index (χ1n) is 7.85. The lowest BCUT2D eigenvalue weighted by molar-refractivity contribution is -0.130. The first-order valence-corrected chi connectivity index (χ1v) is 8.73. The highest BCUT2D eigenvalue weighted by molar-refractivity contribution is 7.09. The molecule has 0 aromatic carbocycles. The summed E-state index contributed by atoms with van der Waals surface area (Å²) in [4.78, 5) is 21.0. The molecule has 0 atom stereocenters. The summed E-state index contributed by atoms with van der Waals surface area (Å²) in [6, 6.07) is 0. The molecule has 1 saturated heterocycles. The largest absolute Gasteiger partial charge is 0.341 e. The second-order valence-electron chi connectivity index (χ2n) is 6.76. The molecule has 2 heterocycles. The number of hydrogen-bond donors (Lipinski definition) is 0. The van der Waals surface area contributed by atoms with E-state index in [1.165, 1.54) is 10.7 Å². The van der Waals surface area contributed by atoms with Crippen molar-refractivity contribution in [3.8, 4) is 0 Å². The summed E-state index contributed by atoms with van der Waals surface area (Å²) < 4.78 is 0. The smallest absolute Gasteiger partial charge is 0.222 e. The van der Waals surface area contributed by atoms with E-state index in [-0.39, 0.29) is 11.3 Å². The van der Waals surface area contributed by atoms with Gasteiger partial charge in [-0.05, 0) is 6.42 Å². The van der Waals surface area contributed by atoms with Crippen molar-refractivity contribution in [1.29, 1.82) is 0 Å². The third-order valence-corrected chi connectivity index (χ3v) is 5.14. The first kappa shape index (κ1) is 16.4. The Morgan fingerprint density at radius 1 is 1.29 bits per heavy atom. The van der Waals surface area contributed by atoms with Crippen LogP contribution < -0.4 is 0 Å². The van der Waals surface area contributed by atoms with Crippen molar-refractivity contribution in [2.24, 2.45) is 0 Å². The van der Waals surface area contributed by atoms with Crippen molar-refractivity contribution in [2.75, 3.05) is 26.2 Å². The van der Waals surface area contributed by atoms with Gasteiger partial charge in [-0.15, -0.1) is 11.3 Å². The molecule has 1 aromatic heterocycles. The summed E-state index contributed by atoms with van der Waals surface area (Å²) in [7, 11) is 0. The van der Waals surface area contributed by atoms with Gasteiger partial charge in [-0.1, -0.05) is 27.7 Å². The number of thiazole rings is 1. The number of rotatable bonds is 3. The van der Waals surface area contributed by atoms with E-state index in [4.69, 9.17) is 4.98 Å². The molecule has 1 amide bonds. The van der Waals surface area contributed by atoms with Crippen molar-refractivity contribution in [3.63, 3.8) is 0 Å². The molecule has 1 aromatic rings. The van der Waals surface area contributed by atoms with Gasteiger partial charge in [0.2, 0.25) is 5.91 Å². The van der Waals surface area contributed by atoms with E-state index in [9.17, 15) is 4.79 Å². The standard InChI is InChI=1S/C16H27N3OS/c1-5-14(20)19-8-6-7-18(9-10-19)11-13-12-21-15(17-13)16(2,3)4/h12H,5-11H2,1-4H3. The quantitative estimate of drug-likeness (QED) is 0.861. The molecule has 0 saturated carbocycles. The Bertz CT molecular complexity index is 478. The average molecular weight is 309 g/mol. The summed E-state index contributed by atoms with van der Waals surface area (Å²) in [5.74, 6) is 0.278. The summed E-state index contributed by atoms with van der Waals surface area (Å²) >= 11 is 1.76. The van der Waals surface area contributed by atoms with Gasteiger partial charge in [-0.3, -0.25) is 9.69 Å². The molecule has 2 rings (SSSR count). The van der Waals surface area contributed by atoms with Crippen LogP contribution in [0.4, 0.5) is 0 Å². The predicted octanol–water partition coefficient (Wildman–Crippen LogP) is 2.88. The molecule has 4 nitrogen and oxygen atoms in total. The van der Waals surface area contributed by atoms with Gasteiger partial charge in [-0.2, -0.15) is 0 Å². The molecule has 0 N–H and O–H groups in total. The number of nitrogens with zero attached hydrogens (tertiary/aromatic N) is 3. The van der Waals surface area contributed by atoms with Crippen LogP contribution in [0.5, 0.6) is 0 Å². The third-order valence-electron chi connectivity index (χ3n) is 3.82. The third kappa shape index (κ3) is 4.51. The Hall–Kier alpha value is -0.940. The zero-order valence-corrected chi connectivity index (χ0v) is 14.5. The van der Waals surface area contributed by atoms with Gasteiger partial charge in [0.05, 0.1) is 10.7 Å². The van der Waals surface area contributed by atoms with Gasteiger partial charge in [0.1, 0.15) is 0 Å². The SMILES string of the molecule is CCC(=O)N1CCCN(Cc2csc(C(C)(C)C)n2)CC1. The van der Waals surface area contributed by atoms with Crippen LogP contribution in [0.1, 0.15) is 51.2 Å². The number of carbonyl (C=O) groups is 1. The van der Waals surface area contributed by atoms with Gasteiger partial charge < -0.3 is 4.90 Å². The minimum Gasteiger partial charge on any atom is -0.341 e. The highest BCUT2D eigenvalue weighted by Gasteiger charge is 2.21. The van der Waals surface area contributed by atoms with E-state index in [1.807, 2.05) is 11.8 Å². The lowest BCUT2D eigenvalue weighted by atomic mass is 9.98. The van der Waals surface area contributed by atoms with Crippen LogP contribution in [0.15, 0.2) is 5.38 Å². The highest BCUT2D eigenvalue weighted by atomic mass is 32.1. The summed E-state index contributed by atoms with van der Waals surface area (Å²) in [6.45, 7) is 13.2. The molecule has 21 heavy (non-hydrogen) atoms. The van der Waals surface area contributed by atoms with Crippen LogP contribution in [-0.4, -0.2) is 46.9 Å². The lowest BCUT2D eigenvalue weighted by Crippen LogP contribution is -2.34. The minimum atomic E-state index is 0.131. The van der Waals surface area contributed by atoms with Crippen molar-refractivity contribution < 1.29 is 4.79 Å². The maximum absolute atomic E-state index is 11.8. The van der Waals surface area contributed by atoms with Crippen LogP contribution in [0.3, 0.4) is 0 Å². The average Bonchev–Trinajstić information content (AvgIpc) is 2.77. The van der Waals surface area contributed by atoms with E-state index < -0.39 is 0 Å². The molecule has 1 fully saturated rings. The molecule has 5 heteroatoms. The molecule has 0 unspecified atom stereocenters. The van der Waals surface area contributed by atoms with Crippen LogP contribution >= 0.6 is 11.3 Å². The Kier molecular flexibility index (Phi) is 5.38. The second kappa shape index (κ2) is 6.88. The van der Waals surface area contributed by atoms with Gasteiger partial charge >= 0.3 is 0 Å². The Morgan fingerprint density at radius 2 is 2.05 bits per heavy atom. The molecule has 0 bridgehead atoms. The Morgan fingerprint density at radius 3 is 2.67 bits per heavy atom. The Labute approximate surface area is 132 Å². The lowest BCUT2D eigenvalue weighted by Gasteiger charge is -2.21. The molecule has 1 aliphatic rings.